The second-order valence-corrected chi connectivity index (χ2v) is 2.88. The van der Waals surface area contributed by atoms with E-state index in [1.54, 1.807) is 6.07 Å². The van der Waals surface area contributed by atoms with E-state index < -0.39 is 0 Å². The number of nitrogen functional groups attached to an aromatic ring is 1. The average molecular weight is 155 g/mol. The van der Waals surface area contributed by atoms with Gasteiger partial charge < -0.3 is 10.8 Å². The summed E-state index contributed by atoms with van der Waals surface area (Å²) in [4.78, 5) is 0.856. The van der Waals surface area contributed by atoms with Crippen molar-refractivity contribution in [2.75, 3.05) is 5.73 Å². The van der Waals surface area contributed by atoms with Crippen molar-refractivity contribution in [3.63, 3.8) is 0 Å². The zero-order valence-corrected chi connectivity index (χ0v) is 5.80. The van der Waals surface area contributed by atoms with E-state index in [0.29, 0.717) is 5.82 Å². The maximum Gasteiger partial charge on any atom is 0.290 e. The highest BCUT2D eigenvalue weighted by atomic mass is 32.1. The van der Waals surface area contributed by atoms with Gasteiger partial charge in [-0.25, -0.2) is 4.52 Å². The van der Waals surface area contributed by atoms with Crippen LogP contribution in [0, 0.1) is 0 Å². The third-order valence-electron chi connectivity index (χ3n) is 1.23. The fourth-order valence-corrected chi connectivity index (χ4v) is 1.49. The number of nitrogens with zero attached hydrogens (tertiary/aromatic N) is 2. The Hall–Kier alpha value is -1.23. The zero-order valence-electron chi connectivity index (χ0n) is 4.98. The fourth-order valence-electron chi connectivity index (χ4n) is 0.809. The SMILES string of the molecule is Nc1ccc2sc(O)nn12. The number of aromatic nitrogens is 2. The first-order chi connectivity index (χ1) is 4.77. The summed E-state index contributed by atoms with van der Waals surface area (Å²) in [6.07, 6.45) is 0. The highest BCUT2D eigenvalue weighted by molar-refractivity contribution is 7.18. The van der Waals surface area contributed by atoms with Crippen LogP contribution in [0.25, 0.3) is 4.83 Å². The molecule has 0 unspecified atom stereocenters. The van der Waals surface area contributed by atoms with Crippen molar-refractivity contribution in [1.29, 1.82) is 0 Å². The molecule has 52 valence electrons. The number of fused-ring (bicyclic) bond motifs is 1. The van der Waals surface area contributed by atoms with Crippen LogP contribution >= 0.6 is 11.3 Å². The molecule has 0 fully saturated rings. The number of hydrogen-bond donors (Lipinski definition) is 2. The molecule has 0 radical (unpaired) electrons. The van der Waals surface area contributed by atoms with Crippen molar-refractivity contribution in [3.8, 4) is 5.19 Å². The molecule has 0 saturated carbocycles. The summed E-state index contributed by atoms with van der Waals surface area (Å²) >= 11 is 1.20. The maximum absolute atomic E-state index is 8.90. The molecule has 0 atom stereocenters. The Morgan fingerprint density at radius 1 is 1.60 bits per heavy atom. The number of rotatable bonds is 0. The predicted molar refractivity (Wildman–Crippen MR) is 39.1 cm³/mol. The molecule has 0 aliphatic heterocycles. The molecule has 2 rings (SSSR count). The molecule has 2 aromatic heterocycles. The van der Waals surface area contributed by atoms with Crippen LogP contribution in [0.2, 0.25) is 0 Å². The van der Waals surface area contributed by atoms with E-state index >= 15 is 0 Å². The Morgan fingerprint density at radius 2 is 2.40 bits per heavy atom. The van der Waals surface area contributed by atoms with E-state index in [1.807, 2.05) is 6.07 Å². The molecule has 0 aliphatic carbocycles. The van der Waals surface area contributed by atoms with Gasteiger partial charge in [-0.1, -0.05) is 11.3 Å². The lowest BCUT2D eigenvalue weighted by Crippen LogP contribution is -1.91. The topological polar surface area (TPSA) is 63.5 Å². The fraction of sp³-hybridized carbons (Fsp3) is 0. The van der Waals surface area contributed by atoms with Gasteiger partial charge in [0.25, 0.3) is 5.19 Å². The van der Waals surface area contributed by atoms with Crippen LogP contribution in [-0.2, 0) is 0 Å². The lowest BCUT2D eigenvalue weighted by Gasteiger charge is -1.83. The first-order valence-corrected chi connectivity index (χ1v) is 3.52. The summed E-state index contributed by atoms with van der Waals surface area (Å²) in [6.45, 7) is 0. The second-order valence-electron chi connectivity index (χ2n) is 1.89. The standard InChI is InChI=1S/C5H5N3OS/c6-3-1-2-4-8(3)7-5(9)10-4/h1-2H,6H2,(H,7,9). The highest BCUT2D eigenvalue weighted by Crippen LogP contribution is 2.22. The summed E-state index contributed by atoms with van der Waals surface area (Å²) in [6, 6.07) is 3.56. The first kappa shape index (κ1) is 5.55. The first-order valence-electron chi connectivity index (χ1n) is 2.70. The van der Waals surface area contributed by atoms with Gasteiger partial charge in [0.05, 0.1) is 0 Å². The van der Waals surface area contributed by atoms with Crippen LogP contribution in [0.4, 0.5) is 5.82 Å². The van der Waals surface area contributed by atoms with E-state index in [9.17, 15) is 0 Å². The van der Waals surface area contributed by atoms with E-state index in [-0.39, 0.29) is 5.19 Å². The van der Waals surface area contributed by atoms with Crippen molar-refractivity contribution in [2.24, 2.45) is 0 Å². The summed E-state index contributed by atoms with van der Waals surface area (Å²) < 4.78 is 1.50. The van der Waals surface area contributed by atoms with Gasteiger partial charge >= 0.3 is 0 Å². The predicted octanol–water partition coefficient (Wildman–Crippen LogP) is 0.684. The molecule has 0 aromatic carbocycles. The second kappa shape index (κ2) is 1.63. The molecule has 10 heavy (non-hydrogen) atoms. The number of nitrogens with two attached hydrogens (primary N) is 1. The molecule has 0 saturated heterocycles. The van der Waals surface area contributed by atoms with Crippen LogP contribution in [0.15, 0.2) is 12.1 Å². The van der Waals surface area contributed by atoms with E-state index in [0.717, 1.165) is 4.83 Å². The van der Waals surface area contributed by atoms with Gasteiger partial charge in [-0.15, -0.1) is 5.10 Å². The molecule has 2 heterocycles. The average Bonchev–Trinajstić information content (AvgIpc) is 2.35. The molecule has 3 N–H and O–H groups in total. The van der Waals surface area contributed by atoms with E-state index in [1.165, 1.54) is 15.9 Å². The Kier molecular flexibility index (Phi) is 0.906. The third kappa shape index (κ3) is 0.577. The Labute approximate surface area is 60.5 Å². The largest absolute Gasteiger partial charge is 0.485 e. The molecule has 2 aromatic rings. The van der Waals surface area contributed by atoms with Gasteiger partial charge in [-0.3, -0.25) is 0 Å². The lowest BCUT2D eigenvalue weighted by atomic mass is 10.6. The number of hydrogen-bond acceptors (Lipinski definition) is 4. The van der Waals surface area contributed by atoms with E-state index in [2.05, 4.69) is 5.10 Å². The quantitative estimate of drug-likeness (QED) is 0.588. The van der Waals surface area contributed by atoms with Crippen LogP contribution < -0.4 is 5.73 Å². The molecule has 5 heteroatoms. The molecule has 0 spiro atoms. The molecule has 4 nitrogen and oxygen atoms in total. The zero-order chi connectivity index (χ0) is 7.14. The summed E-state index contributed by atoms with van der Waals surface area (Å²) in [5.74, 6) is 0.548. The molecular weight excluding hydrogens is 150 g/mol. The van der Waals surface area contributed by atoms with Crippen molar-refractivity contribution in [3.05, 3.63) is 12.1 Å². The van der Waals surface area contributed by atoms with Crippen LogP contribution in [0.3, 0.4) is 0 Å². The van der Waals surface area contributed by atoms with Gasteiger partial charge in [0.1, 0.15) is 10.6 Å². The van der Waals surface area contributed by atoms with Gasteiger partial charge in [-0.05, 0) is 12.1 Å². The maximum atomic E-state index is 8.90. The smallest absolute Gasteiger partial charge is 0.290 e. The minimum Gasteiger partial charge on any atom is -0.485 e. The number of anilines is 1. The van der Waals surface area contributed by atoms with E-state index in [4.69, 9.17) is 10.8 Å². The van der Waals surface area contributed by atoms with Crippen molar-refractivity contribution in [1.82, 2.24) is 9.61 Å². The summed E-state index contributed by atoms with van der Waals surface area (Å²) in [5, 5.41) is 12.7. The van der Waals surface area contributed by atoms with Crippen molar-refractivity contribution < 1.29 is 5.11 Å². The molecule has 0 bridgehead atoms. The number of aromatic hydroxyl groups is 1. The molecular formula is C5H5N3OS. The minimum atomic E-state index is 0.0438. The minimum absolute atomic E-state index is 0.0438. The molecule has 0 aliphatic rings. The Morgan fingerprint density at radius 3 is 3.10 bits per heavy atom. The Bertz CT molecular complexity index is 364. The van der Waals surface area contributed by atoms with Crippen LogP contribution in [0.5, 0.6) is 5.19 Å². The monoisotopic (exact) mass is 155 g/mol. The van der Waals surface area contributed by atoms with Gasteiger partial charge in [-0.2, -0.15) is 0 Å². The van der Waals surface area contributed by atoms with Crippen molar-refractivity contribution in [2.45, 2.75) is 0 Å². The Balaban J connectivity index is 2.90. The van der Waals surface area contributed by atoms with Crippen LogP contribution in [-0.4, -0.2) is 14.7 Å². The van der Waals surface area contributed by atoms with Gasteiger partial charge in [0, 0.05) is 0 Å². The summed E-state index contributed by atoms with van der Waals surface area (Å²) in [7, 11) is 0. The lowest BCUT2D eigenvalue weighted by molar-refractivity contribution is 0.462. The van der Waals surface area contributed by atoms with Crippen molar-refractivity contribution >= 4 is 22.0 Å². The summed E-state index contributed by atoms with van der Waals surface area (Å²) in [5.41, 5.74) is 5.49. The normalized spacial score (nSPS) is 10.8. The van der Waals surface area contributed by atoms with Crippen LogP contribution in [0.1, 0.15) is 0 Å². The third-order valence-corrected chi connectivity index (χ3v) is 2.01. The molecule has 0 amide bonds. The van der Waals surface area contributed by atoms with Gasteiger partial charge in [0.15, 0.2) is 0 Å². The highest BCUT2D eigenvalue weighted by Gasteiger charge is 2.02. The van der Waals surface area contributed by atoms with Gasteiger partial charge in [0.2, 0.25) is 0 Å².